The van der Waals surface area contributed by atoms with Crippen molar-refractivity contribution in [3.05, 3.63) is 29.8 Å². The maximum atomic E-state index is 11.9. The van der Waals surface area contributed by atoms with Crippen molar-refractivity contribution in [1.82, 2.24) is 0 Å². The third-order valence-electron chi connectivity index (χ3n) is 1.95. The van der Waals surface area contributed by atoms with Crippen LogP contribution in [0.1, 0.15) is 11.7 Å². The highest BCUT2D eigenvalue weighted by Gasteiger charge is 2.31. The lowest BCUT2D eigenvalue weighted by Gasteiger charge is -2.11. The Labute approximate surface area is 101 Å². The second-order valence-corrected chi connectivity index (χ2v) is 3.40. The molecule has 0 aliphatic heterocycles. The fourth-order valence-electron chi connectivity index (χ4n) is 1.19. The maximum Gasteiger partial charge on any atom is 0.573 e. The van der Waals surface area contributed by atoms with Crippen LogP contribution in [0.3, 0.4) is 0 Å². The molecule has 5 nitrogen and oxygen atoms in total. The Hall–Kier alpha value is -1.96. The van der Waals surface area contributed by atoms with E-state index in [1.807, 2.05) is 0 Å². The topological polar surface area (TPSA) is 93.9 Å². The van der Waals surface area contributed by atoms with Gasteiger partial charge in [0.15, 0.2) is 5.96 Å². The molecule has 0 bridgehead atoms. The van der Waals surface area contributed by atoms with Crippen LogP contribution < -0.4 is 16.2 Å². The van der Waals surface area contributed by atoms with E-state index in [-0.39, 0.29) is 18.3 Å². The molecule has 0 fully saturated rings. The van der Waals surface area contributed by atoms with Crippen LogP contribution in [0.5, 0.6) is 5.75 Å². The first-order chi connectivity index (χ1) is 8.28. The lowest BCUT2D eigenvalue weighted by molar-refractivity contribution is -0.274. The normalized spacial score (nSPS) is 12.9. The molecule has 0 aliphatic carbocycles. The summed E-state index contributed by atoms with van der Waals surface area (Å²) in [5.74, 6) is -0.536. The molecule has 0 spiro atoms. The first kappa shape index (κ1) is 14.1. The number of aliphatic hydroxyl groups is 1. The Bertz CT molecular complexity index is 413. The van der Waals surface area contributed by atoms with Crippen LogP contribution in [0, 0.1) is 0 Å². The standard InChI is InChI=1S/C10H12F3N3O2/c11-10(12,13)18-7-3-1-6(2-4-7)8(17)5-16-9(14)15/h1-4,8,17H,5H2,(H4,14,15,16). The second-order valence-electron chi connectivity index (χ2n) is 3.40. The van der Waals surface area contributed by atoms with Gasteiger partial charge >= 0.3 is 6.36 Å². The van der Waals surface area contributed by atoms with E-state index in [4.69, 9.17) is 11.5 Å². The third-order valence-corrected chi connectivity index (χ3v) is 1.95. The van der Waals surface area contributed by atoms with Gasteiger partial charge in [0.25, 0.3) is 0 Å². The number of nitrogens with two attached hydrogens (primary N) is 2. The van der Waals surface area contributed by atoms with Crippen LogP contribution in [0.4, 0.5) is 13.2 Å². The molecular formula is C10H12F3N3O2. The van der Waals surface area contributed by atoms with Gasteiger partial charge in [0.05, 0.1) is 12.6 Å². The zero-order chi connectivity index (χ0) is 13.8. The molecule has 0 saturated heterocycles. The lowest BCUT2D eigenvalue weighted by Crippen LogP contribution is -2.23. The average molecular weight is 263 g/mol. The Balaban J connectivity index is 2.68. The number of aliphatic imine (C=N–C) groups is 1. The summed E-state index contributed by atoms with van der Waals surface area (Å²) < 4.78 is 39.4. The van der Waals surface area contributed by atoms with Crippen molar-refractivity contribution in [2.75, 3.05) is 6.54 Å². The van der Waals surface area contributed by atoms with Gasteiger partial charge in [-0.15, -0.1) is 13.2 Å². The summed E-state index contributed by atoms with van der Waals surface area (Å²) in [5.41, 5.74) is 10.6. The zero-order valence-corrected chi connectivity index (χ0v) is 9.19. The van der Waals surface area contributed by atoms with E-state index in [1.165, 1.54) is 12.1 Å². The smallest absolute Gasteiger partial charge is 0.406 e. The summed E-state index contributed by atoms with van der Waals surface area (Å²) in [7, 11) is 0. The van der Waals surface area contributed by atoms with E-state index in [1.54, 1.807) is 0 Å². The number of alkyl halides is 3. The minimum atomic E-state index is -4.74. The van der Waals surface area contributed by atoms with E-state index in [9.17, 15) is 18.3 Å². The van der Waals surface area contributed by atoms with Crippen LogP contribution in [0.25, 0.3) is 0 Å². The number of aliphatic hydroxyl groups excluding tert-OH is 1. The van der Waals surface area contributed by atoms with Crippen LogP contribution in [-0.2, 0) is 0 Å². The molecule has 5 N–H and O–H groups in total. The summed E-state index contributed by atoms with van der Waals surface area (Å²) in [6.07, 6.45) is -5.73. The van der Waals surface area contributed by atoms with Crippen molar-refractivity contribution in [2.24, 2.45) is 16.5 Å². The molecule has 0 amide bonds. The van der Waals surface area contributed by atoms with Crippen LogP contribution in [0.15, 0.2) is 29.3 Å². The minimum Gasteiger partial charge on any atom is -0.406 e. The van der Waals surface area contributed by atoms with Gasteiger partial charge in [0.2, 0.25) is 0 Å². The maximum absolute atomic E-state index is 11.9. The molecule has 1 rings (SSSR count). The monoisotopic (exact) mass is 263 g/mol. The fourth-order valence-corrected chi connectivity index (χ4v) is 1.19. The number of ether oxygens (including phenoxy) is 1. The number of nitrogens with zero attached hydrogens (tertiary/aromatic N) is 1. The molecule has 0 saturated carbocycles. The van der Waals surface area contributed by atoms with Crippen molar-refractivity contribution in [3.63, 3.8) is 0 Å². The molecule has 0 aliphatic rings. The predicted molar refractivity (Wildman–Crippen MR) is 58.8 cm³/mol. The summed E-state index contributed by atoms with van der Waals surface area (Å²) in [4.78, 5) is 3.59. The number of rotatable bonds is 4. The molecule has 8 heteroatoms. The number of halogens is 3. The largest absolute Gasteiger partial charge is 0.573 e. The van der Waals surface area contributed by atoms with E-state index in [0.717, 1.165) is 12.1 Å². The number of hydrogen-bond acceptors (Lipinski definition) is 3. The predicted octanol–water partition coefficient (Wildman–Crippen LogP) is 0.892. The lowest BCUT2D eigenvalue weighted by atomic mass is 10.1. The first-order valence-corrected chi connectivity index (χ1v) is 4.87. The van der Waals surface area contributed by atoms with Gasteiger partial charge in [-0.1, -0.05) is 12.1 Å². The first-order valence-electron chi connectivity index (χ1n) is 4.87. The zero-order valence-electron chi connectivity index (χ0n) is 9.19. The van der Waals surface area contributed by atoms with Gasteiger partial charge in [-0.2, -0.15) is 0 Å². The second kappa shape index (κ2) is 5.58. The van der Waals surface area contributed by atoms with E-state index in [0.29, 0.717) is 5.56 Å². The Morgan fingerprint density at radius 1 is 1.28 bits per heavy atom. The van der Waals surface area contributed by atoms with E-state index in [2.05, 4.69) is 9.73 Å². The SMILES string of the molecule is NC(N)=NCC(O)c1ccc(OC(F)(F)F)cc1. The van der Waals surface area contributed by atoms with Crippen molar-refractivity contribution in [2.45, 2.75) is 12.5 Å². The van der Waals surface area contributed by atoms with Crippen LogP contribution in [-0.4, -0.2) is 24.0 Å². The van der Waals surface area contributed by atoms with Crippen molar-refractivity contribution in [3.8, 4) is 5.75 Å². The minimum absolute atomic E-state index is 0.0677. The molecule has 1 aromatic rings. The average Bonchev–Trinajstić information content (AvgIpc) is 2.24. The Morgan fingerprint density at radius 3 is 2.28 bits per heavy atom. The van der Waals surface area contributed by atoms with Crippen LogP contribution >= 0.6 is 0 Å². The fraction of sp³-hybridized carbons (Fsp3) is 0.300. The Morgan fingerprint density at radius 2 is 1.83 bits per heavy atom. The third kappa shape index (κ3) is 4.91. The van der Waals surface area contributed by atoms with Crippen molar-refractivity contribution in [1.29, 1.82) is 0 Å². The summed E-state index contributed by atoms with van der Waals surface area (Å²) >= 11 is 0. The quantitative estimate of drug-likeness (QED) is 0.555. The molecule has 0 radical (unpaired) electrons. The van der Waals surface area contributed by atoms with Gasteiger partial charge in [0.1, 0.15) is 5.75 Å². The molecule has 0 heterocycles. The van der Waals surface area contributed by atoms with Gasteiger partial charge in [-0.25, -0.2) is 0 Å². The summed E-state index contributed by atoms with van der Waals surface area (Å²) in [6.45, 7) is -0.0677. The number of guanidine groups is 1. The van der Waals surface area contributed by atoms with Crippen molar-refractivity contribution >= 4 is 5.96 Å². The van der Waals surface area contributed by atoms with Gasteiger partial charge in [0, 0.05) is 0 Å². The van der Waals surface area contributed by atoms with Gasteiger partial charge in [-0.05, 0) is 17.7 Å². The molecular weight excluding hydrogens is 251 g/mol. The van der Waals surface area contributed by atoms with E-state index < -0.39 is 12.5 Å². The number of benzene rings is 1. The highest BCUT2D eigenvalue weighted by Crippen LogP contribution is 2.24. The molecule has 1 unspecified atom stereocenters. The highest BCUT2D eigenvalue weighted by molar-refractivity contribution is 5.75. The van der Waals surface area contributed by atoms with Gasteiger partial charge in [-0.3, -0.25) is 4.99 Å². The van der Waals surface area contributed by atoms with Gasteiger partial charge < -0.3 is 21.3 Å². The number of hydrogen-bond donors (Lipinski definition) is 3. The summed E-state index contributed by atoms with van der Waals surface area (Å²) in [5, 5.41) is 9.61. The molecule has 18 heavy (non-hydrogen) atoms. The molecule has 1 aromatic carbocycles. The van der Waals surface area contributed by atoms with Crippen LogP contribution in [0.2, 0.25) is 0 Å². The van der Waals surface area contributed by atoms with E-state index >= 15 is 0 Å². The molecule has 1 atom stereocenters. The highest BCUT2D eigenvalue weighted by atomic mass is 19.4. The summed E-state index contributed by atoms with van der Waals surface area (Å²) in [6, 6.07) is 4.80. The molecule has 0 aromatic heterocycles. The van der Waals surface area contributed by atoms with Crippen molar-refractivity contribution < 1.29 is 23.0 Å². The Kier molecular flexibility index (Phi) is 4.38. The molecule has 100 valence electrons.